The third kappa shape index (κ3) is 2.28. The van der Waals surface area contributed by atoms with Gasteiger partial charge in [-0.3, -0.25) is 0 Å². The summed E-state index contributed by atoms with van der Waals surface area (Å²) < 4.78 is 0. The molecule has 0 aliphatic heterocycles. The molecule has 1 heteroatoms. The predicted octanol–water partition coefficient (Wildman–Crippen LogP) is 3.96. The zero-order chi connectivity index (χ0) is 9.83. The van der Waals surface area contributed by atoms with Gasteiger partial charge in [0.05, 0.1) is 7.85 Å². The molecule has 0 fully saturated rings. The van der Waals surface area contributed by atoms with Gasteiger partial charge in [-0.05, 0) is 11.8 Å². The van der Waals surface area contributed by atoms with Crippen molar-refractivity contribution < 1.29 is 0 Å². The summed E-state index contributed by atoms with van der Waals surface area (Å²) in [5.74, 6) is 0. The highest BCUT2D eigenvalue weighted by Crippen LogP contribution is 2.50. The largest absolute Gasteiger partial charge is 0.0749 e. The first kappa shape index (κ1) is 12.1. The van der Waals surface area contributed by atoms with E-state index in [4.69, 9.17) is 7.85 Å². The summed E-state index contributed by atoms with van der Waals surface area (Å²) in [6, 6.07) is 0. The fourth-order valence-electron chi connectivity index (χ4n) is 1.84. The Morgan fingerprint density at radius 2 is 1.50 bits per heavy atom. The molecule has 2 unspecified atom stereocenters. The molecule has 0 heterocycles. The average Bonchev–Trinajstić information content (AvgIpc) is 2.04. The standard InChI is InChI=1S/C11H23B/c1-6-9-10(4,7-2)11(5,12)8-3/h6-9H2,1-5H3. The van der Waals surface area contributed by atoms with E-state index in [-0.39, 0.29) is 5.31 Å². The molecular weight excluding hydrogens is 143 g/mol. The van der Waals surface area contributed by atoms with Crippen molar-refractivity contribution in [1.82, 2.24) is 0 Å². The average molecular weight is 166 g/mol. The summed E-state index contributed by atoms with van der Waals surface area (Å²) in [7, 11) is 6.29. The lowest BCUT2D eigenvalue weighted by molar-refractivity contribution is 0.185. The second kappa shape index (κ2) is 4.34. The summed E-state index contributed by atoms with van der Waals surface area (Å²) >= 11 is 0. The Morgan fingerprint density at radius 1 is 1.00 bits per heavy atom. The maximum Gasteiger partial charge on any atom is 0.0749 e. The molecule has 0 aromatic rings. The van der Waals surface area contributed by atoms with Gasteiger partial charge in [-0.15, -0.1) is 0 Å². The summed E-state index contributed by atoms with van der Waals surface area (Å²) in [5, 5.41) is -0.00222. The minimum atomic E-state index is -0.00222. The number of hydrogen-bond donors (Lipinski definition) is 0. The highest BCUT2D eigenvalue weighted by Gasteiger charge is 2.36. The van der Waals surface area contributed by atoms with Crippen molar-refractivity contribution in [3.8, 4) is 0 Å². The van der Waals surface area contributed by atoms with Crippen LogP contribution in [0, 0.1) is 5.41 Å². The van der Waals surface area contributed by atoms with Gasteiger partial charge in [0.15, 0.2) is 0 Å². The molecular formula is C11H23B. The Bertz CT molecular complexity index is 129. The van der Waals surface area contributed by atoms with E-state index in [1.165, 1.54) is 19.3 Å². The maximum atomic E-state index is 6.29. The van der Waals surface area contributed by atoms with Gasteiger partial charge in [-0.25, -0.2) is 0 Å². The van der Waals surface area contributed by atoms with Crippen LogP contribution in [-0.2, 0) is 0 Å². The maximum absolute atomic E-state index is 6.29. The van der Waals surface area contributed by atoms with Crippen molar-refractivity contribution in [2.75, 3.05) is 0 Å². The van der Waals surface area contributed by atoms with E-state index in [1.807, 2.05) is 0 Å². The van der Waals surface area contributed by atoms with Crippen LogP contribution in [0.2, 0.25) is 5.31 Å². The topological polar surface area (TPSA) is 0 Å². The molecule has 0 amide bonds. The lowest BCUT2D eigenvalue weighted by atomic mass is 9.50. The molecule has 0 aromatic heterocycles. The van der Waals surface area contributed by atoms with E-state index in [9.17, 15) is 0 Å². The Kier molecular flexibility index (Phi) is 4.37. The molecule has 0 bridgehead atoms. The minimum absolute atomic E-state index is 0.00222. The lowest BCUT2D eigenvalue weighted by Gasteiger charge is -2.44. The summed E-state index contributed by atoms with van der Waals surface area (Å²) in [5.41, 5.74) is 0.316. The summed E-state index contributed by atoms with van der Waals surface area (Å²) in [4.78, 5) is 0. The summed E-state index contributed by atoms with van der Waals surface area (Å²) in [6.45, 7) is 11.2. The zero-order valence-electron chi connectivity index (χ0n) is 9.41. The van der Waals surface area contributed by atoms with Gasteiger partial charge in [-0.1, -0.05) is 59.2 Å². The molecule has 0 saturated heterocycles. The molecule has 0 saturated carbocycles. The molecule has 0 aliphatic carbocycles. The van der Waals surface area contributed by atoms with E-state index in [1.54, 1.807) is 0 Å². The first-order chi connectivity index (χ1) is 5.43. The van der Waals surface area contributed by atoms with Crippen LogP contribution >= 0.6 is 0 Å². The smallest absolute Gasteiger partial charge is 0.0671 e. The highest BCUT2D eigenvalue weighted by molar-refractivity contribution is 6.15. The summed E-state index contributed by atoms with van der Waals surface area (Å²) in [6.07, 6.45) is 4.72. The predicted molar refractivity (Wildman–Crippen MR) is 57.7 cm³/mol. The SMILES string of the molecule is [B]C(C)(CC)C(C)(CC)CCC. The zero-order valence-corrected chi connectivity index (χ0v) is 9.41. The molecule has 0 spiro atoms. The van der Waals surface area contributed by atoms with Crippen molar-refractivity contribution in [3.63, 3.8) is 0 Å². The normalized spacial score (nSPS) is 21.4. The van der Waals surface area contributed by atoms with Crippen LogP contribution in [0.4, 0.5) is 0 Å². The van der Waals surface area contributed by atoms with E-state index >= 15 is 0 Å². The van der Waals surface area contributed by atoms with Gasteiger partial charge in [-0.2, -0.15) is 0 Å². The van der Waals surface area contributed by atoms with Crippen LogP contribution in [0.25, 0.3) is 0 Å². The molecule has 0 nitrogen and oxygen atoms in total. The third-order valence-corrected chi connectivity index (χ3v) is 3.70. The van der Waals surface area contributed by atoms with Crippen LogP contribution in [0.5, 0.6) is 0 Å². The van der Waals surface area contributed by atoms with E-state index < -0.39 is 0 Å². The second-order valence-corrected chi connectivity index (χ2v) is 4.44. The number of hydrogen-bond acceptors (Lipinski definition) is 0. The van der Waals surface area contributed by atoms with Gasteiger partial charge in [0.25, 0.3) is 0 Å². The Labute approximate surface area is 79.5 Å². The first-order valence-corrected chi connectivity index (χ1v) is 5.22. The fourth-order valence-corrected chi connectivity index (χ4v) is 1.84. The van der Waals surface area contributed by atoms with Crippen molar-refractivity contribution in [1.29, 1.82) is 0 Å². The first-order valence-electron chi connectivity index (χ1n) is 5.22. The molecule has 0 aromatic carbocycles. The van der Waals surface area contributed by atoms with Crippen LogP contribution in [0.3, 0.4) is 0 Å². The fraction of sp³-hybridized carbons (Fsp3) is 1.00. The van der Waals surface area contributed by atoms with Crippen molar-refractivity contribution >= 4 is 7.85 Å². The van der Waals surface area contributed by atoms with Crippen LogP contribution in [0.15, 0.2) is 0 Å². The van der Waals surface area contributed by atoms with E-state index in [0.29, 0.717) is 5.41 Å². The van der Waals surface area contributed by atoms with Crippen LogP contribution < -0.4 is 0 Å². The van der Waals surface area contributed by atoms with Gasteiger partial charge in [0, 0.05) is 0 Å². The van der Waals surface area contributed by atoms with Gasteiger partial charge in [0.2, 0.25) is 0 Å². The number of rotatable bonds is 5. The van der Waals surface area contributed by atoms with E-state index in [0.717, 1.165) is 6.42 Å². The second-order valence-electron chi connectivity index (χ2n) is 4.44. The van der Waals surface area contributed by atoms with Crippen LogP contribution in [0.1, 0.15) is 60.3 Å². The Hall–Kier alpha value is 0.0649. The minimum Gasteiger partial charge on any atom is -0.0671 e. The molecule has 2 atom stereocenters. The lowest BCUT2D eigenvalue weighted by Crippen LogP contribution is -2.31. The van der Waals surface area contributed by atoms with E-state index in [2.05, 4.69) is 34.6 Å². The van der Waals surface area contributed by atoms with Crippen LogP contribution in [-0.4, -0.2) is 7.85 Å². The molecule has 70 valence electrons. The molecule has 0 aliphatic rings. The molecule has 12 heavy (non-hydrogen) atoms. The Balaban J connectivity index is 4.49. The van der Waals surface area contributed by atoms with Crippen molar-refractivity contribution in [2.24, 2.45) is 5.41 Å². The van der Waals surface area contributed by atoms with Gasteiger partial charge in [0.1, 0.15) is 0 Å². The quantitative estimate of drug-likeness (QED) is 0.542. The molecule has 0 N–H and O–H groups in total. The highest BCUT2D eigenvalue weighted by atomic mass is 14.4. The van der Waals surface area contributed by atoms with Crippen molar-refractivity contribution in [3.05, 3.63) is 0 Å². The molecule has 0 rings (SSSR count). The van der Waals surface area contributed by atoms with Gasteiger partial charge >= 0.3 is 0 Å². The molecule has 2 radical (unpaired) electrons. The monoisotopic (exact) mass is 166 g/mol. The third-order valence-electron chi connectivity index (χ3n) is 3.70. The Morgan fingerprint density at radius 3 is 1.75 bits per heavy atom. The van der Waals surface area contributed by atoms with Crippen molar-refractivity contribution in [2.45, 2.75) is 65.6 Å². The van der Waals surface area contributed by atoms with Gasteiger partial charge < -0.3 is 0 Å².